The Labute approximate surface area is 72.3 Å². The summed E-state index contributed by atoms with van der Waals surface area (Å²) in [6, 6.07) is 0. The molecule has 0 saturated carbocycles. The predicted octanol–water partition coefficient (Wildman–Crippen LogP) is 1.83. The number of carbonyl (C=O) groups is 2. The van der Waals surface area contributed by atoms with Crippen LogP contribution in [0, 0.1) is 0 Å². The number of allylic oxidation sites excluding steroid dienone is 4. The molecule has 0 spiro atoms. The largest absolute Gasteiger partial charge is 0.299 e. The van der Waals surface area contributed by atoms with Gasteiger partial charge in [0.05, 0.1) is 0 Å². The summed E-state index contributed by atoms with van der Waals surface area (Å²) < 4.78 is 0. The number of Topliss-reactive ketones (excluding diaryl/α,β-unsaturated/α-hetero) is 1. The van der Waals surface area contributed by atoms with E-state index in [9.17, 15) is 9.59 Å². The molecular weight excluding hydrogens is 152 g/mol. The van der Waals surface area contributed by atoms with Crippen LogP contribution in [-0.2, 0) is 9.59 Å². The summed E-state index contributed by atoms with van der Waals surface area (Å²) in [6.45, 7) is 6.93. The molecular formula is C10H12O2. The normalized spacial score (nSPS) is 10.5. The molecule has 0 bridgehead atoms. The van der Waals surface area contributed by atoms with E-state index < -0.39 is 0 Å². The molecule has 0 heterocycles. The molecule has 0 aromatic carbocycles. The zero-order valence-electron chi connectivity index (χ0n) is 6.95. The van der Waals surface area contributed by atoms with E-state index in [0.717, 1.165) is 0 Å². The lowest BCUT2D eigenvalue weighted by Gasteiger charge is -1.98. The first-order chi connectivity index (χ1) is 5.76. The molecule has 2 nitrogen and oxygen atoms in total. The van der Waals surface area contributed by atoms with Gasteiger partial charge in [-0.2, -0.15) is 0 Å². The molecule has 0 fully saturated rings. The van der Waals surface area contributed by atoms with Crippen molar-refractivity contribution in [3.05, 3.63) is 37.0 Å². The lowest BCUT2D eigenvalue weighted by Crippen LogP contribution is -2.00. The van der Waals surface area contributed by atoms with Crippen molar-refractivity contribution in [3.8, 4) is 0 Å². The summed E-state index contributed by atoms with van der Waals surface area (Å²) in [4.78, 5) is 21.3. The average molecular weight is 164 g/mol. The van der Waals surface area contributed by atoms with Crippen LogP contribution in [0.5, 0.6) is 0 Å². The van der Waals surface area contributed by atoms with Crippen molar-refractivity contribution in [2.75, 3.05) is 0 Å². The van der Waals surface area contributed by atoms with E-state index in [2.05, 4.69) is 13.2 Å². The lowest BCUT2D eigenvalue weighted by molar-refractivity contribution is -0.115. The molecule has 0 aromatic rings. The predicted molar refractivity (Wildman–Crippen MR) is 48.8 cm³/mol. The van der Waals surface area contributed by atoms with Gasteiger partial charge in [0, 0.05) is 12.0 Å². The van der Waals surface area contributed by atoms with Crippen molar-refractivity contribution in [2.24, 2.45) is 0 Å². The second-order valence-electron chi connectivity index (χ2n) is 2.24. The minimum Gasteiger partial charge on any atom is -0.299 e. The third-order valence-corrected chi connectivity index (χ3v) is 1.32. The molecule has 0 saturated heterocycles. The first-order valence-corrected chi connectivity index (χ1v) is 3.65. The van der Waals surface area contributed by atoms with Gasteiger partial charge in [0.2, 0.25) is 0 Å². The Morgan fingerprint density at radius 1 is 1.17 bits per heavy atom. The topological polar surface area (TPSA) is 34.1 Å². The van der Waals surface area contributed by atoms with Crippen molar-refractivity contribution in [1.29, 1.82) is 0 Å². The van der Waals surface area contributed by atoms with E-state index >= 15 is 0 Å². The maximum atomic E-state index is 11.2. The van der Waals surface area contributed by atoms with E-state index in [0.29, 0.717) is 18.3 Å². The summed E-state index contributed by atoms with van der Waals surface area (Å²) in [5.41, 5.74) is 0.486. The molecule has 12 heavy (non-hydrogen) atoms. The first-order valence-electron chi connectivity index (χ1n) is 3.65. The standard InChI is InChI=1S/C10H12O2/c1-3-5-9(7-8-11)10(12)6-4-2/h3-4,7-8H,1-2,5-6H2/b9-7+. The minimum atomic E-state index is -0.0722. The Hall–Kier alpha value is -1.44. The first kappa shape index (κ1) is 10.6. The summed E-state index contributed by atoms with van der Waals surface area (Å²) >= 11 is 0. The zero-order chi connectivity index (χ0) is 9.40. The summed E-state index contributed by atoms with van der Waals surface area (Å²) in [5, 5.41) is 0. The van der Waals surface area contributed by atoms with Gasteiger partial charge >= 0.3 is 0 Å². The number of carbonyl (C=O) groups excluding carboxylic acids is 2. The molecule has 0 N–H and O–H groups in total. The quantitative estimate of drug-likeness (QED) is 0.341. The average Bonchev–Trinajstić information content (AvgIpc) is 2.04. The van der Waals surface area contributed by atoms with Crippen LogP contribution in [0.3, 0.4) is 0 Å². The van der Waals surface area contributed by atoms with Gasteiger partial charge < -0.3 is 0 Å². The molecule has 0 atom stereocenters. The van der Waals surface area contributed by atoms with E-state index in [1.807, 2.05) is 0 Å². The maximum Gasteiger partial charge on any atom is 0.163 e. The van der Waals surface area contributed by atoms with Crippen LogP contribution in [0.25, 0.3) is 0 Å². The molecule has 0 aliphatic rings. The smallest absolute Gasteiger partial charge is 0.163 e. The highest BCUT2D eigenvalue weighted by Gasteiger charge is 2.04. The van der Waals surface area contributed by atoms with Gasteiger partial charge in [-0.3, -0.25) is 9.59 Å². The Morgan fingerprint density at radius 3 is 2.17 bits per heavy atom. The van der Waals surface area contributed by atoms with Gasteiger partial charge in [-0.05, 0) is 12.5 Å². The van der Waals surface area contributed by atoms with Crippen LogP contribution < -0.4 is 0 Å². The summed E-state index contributed by atoms with van der Waals surface area (Å²) in [7, 11) is 0. The van der Waals surface area contributed by atoms with Crippen LogP contribution in [0.1, 0.15) is 12.8 Å². The molecule has 0 aliphatic heterocycles. The fourth-order valence-corrected chi connectivity index (χ4v) is 0.775. The number of hydrogen-bond acceptors (Lipinski definition) is 2. The van der Waals surface area contributed by atoms with E-state index in [1.165, 1.54) is 12.2 Å². The molecule has 0 aliphatic carbocycles. The van der Waals surface area contributed by atoms with Crippen molar-refractivity contribution in [2.45, 2.75) is 12.8 Å². The summed E-state index contributed by atoms with van der Waals surface area (Å²) in [5.74, 6) is -0.0722. The van der Waals surface area contributed by atoms with Gasteiger partial charge in [-0.15, -0.1) is 13.2 Å². The Bertz CT molecular complexity index is 224. The van der Waals surface area contributed by atoms with E-state index in [-0.39, 0.29) is 12.2 Å². The van der Waals surface area contributed by atoms with Crippen molar-refractivity contribution < 1.29 is 9.59 Å². The molecule has 0 radical (unpaired) electrons. The second kappa shape index (κ2) is 6.28. The fraction of sp³-hybridized carbons (Fsp3) is 0.200. The SMILES string of the molecule is C=CCC(=O)/C(=C/C=O)CC=C. The third kappa shape index (κ3) is 3.66. The van der Waals surface area contributed by atoms with Gasteiger partial charge in [-0.25, -0.2) is 0 Å². The van der Waals surface area contributed by atoms with Crippen LogP contribution >= 0.6 is 0 Å². The highest BCUT2D eigenvalue weighted by atomic mass is 16.1. The van der Waals surface area contributed by atoms with Gasteiger partial charge in [0.15, 0.2) is 5.78 Å². The minimum absolute atomic E-state index is 0.0722. The summed E-state index contributed by atoms with van der Waals surface area (Å²) in [6.07, 6.45) is 5.70. The van der Waals surface area contributed by atoms with Crippen molar-refractivity contribution in [3.63, 3.8) is 0 Å². The molecule has 0 amide bonds. The zero-order valence-corrected chi connectivity index (χ0v) is 6.95. The van der Waals surface area contributed by atoms with Crippen LogP contribution in [0.15, 0.2) is 37.0 Å². The Kier molecular flexibility index (Phi) is 5.53. The van der Waals surface area contributed by atoms with Crippen LogP contribution in [0.4, 0.5) is 0 Å². The third-order valence-electron chi connectivity index (χ3n) is 1.32. The second-order valence-corrected chi connectivity index (χ2v) is 2.24. The molecule has 0 rings (SSSR count). The Balaban J connectivity index is 4.38. The highest BCUT2D eigenvalue weighted by molar-refractivity contribution is 5.99. The lowest BCUT2D eigenvalue weighted by atomic mass is 10.1. The van der Waals surface area contributed by atoms with Crippen LogP contribution in [-0.4, -0.2) is 12.1 Å². The number of aldehydes is 1. The van der Waals surface area contributed by atoms with Crippen LogP contribution in [0.2, 0.25) is 0 Å². The number of rotatable bonds is 6. The molecule has 64 valence electrons. The number of hydrogen-bond donors (Lipinski definition) is 0. The molecule has 2 heteroatoms. The fourth-order valence-electron chi connectivity index (χ4n) is 0.775. The van der Waals surface area contributed by atoms with Crippen molar-refractivity contribution >= 4 is 12.1 Å². The Morgan fingerprint density at radius 2 is 1.75 bits per heavy atom. The monoisotopic (exact) mass is 164 g/mol. The highest BCUT2D eigenvalue weighted by Crippen LogP contribution is 2.05. The van der Waals surface area contributed by atoms with Gasteiger partial charge in [0.25, 0.3) is 0 Å². The van der Waals surface area contributed by atoms with Gasteiger partial charge in [0.1, 0.15) is 6.29 Å². The molecule has 0 aromatic heterocycles. The number of ketones is 1. The van der Waals surface area contributed by atoms with Gasteiger partial charge in [-0.1, -0.05) is 12.2 Å². The van der Waals surface area contributed by atoms with Crippen molar-refractivity contribution in [1.82, 2.24) is 0 Å². The van der Waals surface area contributed by atoms with E-state index in [4.69, 9.17) is 0 Å². The maximum absolute atomic E-state index is 11.2. The van der Waals surface area contributed by atoms with E-state index in [1.54, 1.807) is 6.08 Å². The molecule has 0 unspecified atom stereocenters.